The average Bonchev–Trinajstić information content (AvgIpc) is 2.81. The largest absolute Gasteiger partial charge is 0.388 e. The number of thiophene rings is 1. The maximum absolute atomic E-state index is 12.2. The van der Waals surface area contributed by atoms with E-state index in [4.69, 9.17) is 0 Å². The van der Waals surface area contributed by atoms with E-state index < -0.39 is 6.10 Å². The van der Waals surface area contributed by atoms with Gasteiger partial charge in [0.1, 0.15) is 5.69 Å². The molecule has 1 unspecified atom stereocenters. The van der Waals surface area contributed by atoms with Crippen molar-refractivity contribution in [3.8, 4) is 0 Å². The minimum atomic E-state index is -0.683. The molecule has 0 aromatic carbocycles. The van der Waals surface area contributed by atoms with Gasteiger partial charge in [-0.15, -0.1) is 11.3 Å². The van der Waals surface area contributed by atoms with E-state index in [1.165, 1.54) is 6.20 Å². The van der Waals surface area contributed by atoms with Crippen LogP contribution in [0.2, 0.25) is 0 Å². The molecule has 1 aliphatic rings. The molecule has 2 heterocycles. The van der Waals surface area contributed by atoms with Crippen LogP contribution in [0.15, 0.2) is 24.4 Å². The van der Waals surface area contributed by atoms with Crippen LogP contribution in [0.1, 0.15) is 49.2 Å². The molecule has 0 fully saturated rings. The number of nitrogens with zero attached hydrogens (tertiary/aromatic N) is 1. The molecule has 0 spiro atoms. The van der Waals surface area contributed by atoms with Gasteiger partial charge < -0.3 is 5.11 Å². The van der Waals surface area contributed by atoms with Crippen molar-refractivity contribution >= 4 is 22.9 Å². The van der Waals surface area contributed by atoms with Gasteiger partial charge in [-0.25, -0.2) is 0 Å². The van der Waals surface area contributed by atoms with Crippen LogP contribution in [0.4, 0.5) is 0 Å². The Bertz CT molecular complexity index is 620. The van der Waals surface area contributed by atoms with Crippen LogP contribution >= 0.6 is 11.3 Å². The van der Waals surface area contributed by atoms with Gasteiger partial charge in [-0.05, 0) is 25.1 Å². The summed E-state index contributed by atoms with van der Waals surface area (Å²) in [6.07, 6.45) is 0.815. The number of hydrogen-bond acceptors (Lipinski definition) is 5. The molecule has 0 saturated heterocycles. The summed E-state index contributed by atoms with van der Waals surface area (Å²) in [5.41, 5.74) is 0.917. The van der Waals surface area contributed by atoms with E-state index in [1.54, 1.807) is 25.1 Å². The molecule has 0 radical (unpaired) electrons. The van der Waals surface area contributed by atoms with Crippen molar-refractivity contribution < 1.29 is 14.7 Å². The van der Waals surface area contributed by atoms with Crippen molar-refractivity contribution in [1.29, 1.82) is 0 Å². The summed E-state index contributed by atoms with van der Waals surface area (Å²) in [4.78, 5) is 29.4. The fraction of sp³-hybridized carbons (Fsp3) is 0.154. The molecule has 0 amide bonds. The standard InChI is InChI=1S/C13H9NO3S/c1-6(15)9-5-8-11(16)7-3-2-4-14-10(7)12(17)13(8)18-9/h2-6,15H,1H3. The number of fused-ring (bicyclic) bond motifs is 2. The second kappa shape index (κ2) is 3.83. The summed E-state index contributed by atoms with van der Waals surface area (Å²) in [5.74, 6) is -0.437. The van der Waals surface area contributed by atoms with E-state index in [0.29, 0.717) is 20.9 Å². The molecular formula is C13H9NO3S. The number of aliphatic hydroxyl groups is 1. The van der Waals surface area contributed by atoms with E-state index in [1.807, 2.05) is 0 Å². The second-order valence-corrected chi connectivity index (χ2v) is 5.21. The topological polar surface area (TPSA) is 67.3 Å². The van der Waals surface area contributed by atoms with E-state index >= 15 is 0 Å². The number of carbonyl (C=O) groups excluding carboxylic acids is 2. The van der Waals surface area contributed by atoms with Gasteiger partial charge in [-0.3, -0.25) is 14.6 Å². The number of aromatic nitrogens is 1. The first-order chi connectivity index (χ1) is 8.59. The molecular weight excluding hydrogens is 250 g/mol. The highest BCUT2D eigenvalue weighted by Gasteiger charge is 2.33. The molecule has 90 valence electrons. The monoisotopic (exact) mass is 259 g/mol. The predicted molar refractivity (Wildman–Crippen MR) is 66.1 cm³/mol. The van der Waals surface area contributed by atoms with Crippen molar-refractivity contribution in [2.45, 2.75) is 13.0 Å². The normalized spacial score (nSPS) is 15.2. The maximum Gasteiger partial charge on any atom is 0.222 e. The number of carbonyl (C=O) groups is 2. The van der Waals surface area contributed by atoms with Crippen LogP contribution in [0.25, 0.3) is 0 Å². The first kappa shape index (κ1) is 11.3. The molecule has 4 nitrogen and oxygen atoms in total. The Kier molecular flexibility index (Phi) is 2.39. The number of rotatable bonds is 1. The van der Waals surface area contributed by atoms with Gasteiger partial charge >= 0.3 is 0 Å². The predicted octanol–water partition coefficient (Wildman–Crippen LogP) is 1.97. The quantitative estimate of drug-likeness (QED) is 0.725. The van der Waals surface area contributed by atoms with Gasteiger partial charge in [0.25, 0.3) is 0 Å². The molecule has 0 bridgehead atoms. The Labute approximate surface area is 107 Å². The Morgan fingerprint density at radius 3 is 2.78 bits per heavy atom. The summed E-state index contributed by atoms with van der Waals surface area (Å²) < 4.78 is 0. The highest BCUT2D eigenvalue weighted by molar-refractivity contribution is 7.14. The molecule has 3 rings (SSSR count). The van der Waals surface area contributed by atoms with Crippen LogP contribution in [-0.2, 0) is 0 Å². The van der Waals surface area contributed by atoms with Gasteiger partial charge in [0.05, 0.1) is 16.5 Å². The lowest BCUT2D eigenvalue weighted by Crippen LogP contribution is -2.19. The van der Waals surface area contributed by atoms with Gasteiger partial charge in [0, 0.05) is 16.6 Å². The molecule has 2 aromatic heterocycles. The number of aliphatic hydroxyl groups excluding tert-OH is 1. The lowest BCUT2D eigenvalue weighted by molar-refractivity contribution is 0.0978. The Balaban J connectivity index is 2.24. The smallest absolute Gasteiger partial charge is 0.222 e. The van der Waals surface area contributed by atoms with Crippen molar-refractivity contribution in [3.05, 3.63) is 51.0 Å². The maximum atomic E-state index is 12.2. The van der Waals surface area contributed by atoms with Gasteiger partial charge in [-0.2, -0.15) is 0 Å². The Morgan fingerprint density at radius 1 is 1.28 bits per heavy atom. The Hall–Kier alpha value is -1.85. The summed E-state index contributed by atoms with van der Waals surface area (Å²) in [6.45, 7) is 1.61. The zero-order chi connectivity index (χ0) is 12.9. The van der Waals surface area contributed by atoms with Gasteiger partial charge in [-0.1, -0.05) is 0 Å². The highest BCUT2D eigenvalue weighted by atomic mass is 32.1. The van der Waals surface area contributed by atoms with Crippen LogP contribution in [0.3, 0.4) is 0 Å². The molecule has 2 aromatic rings. The lowest BCUT2D eigenvalue weighted by atomic mass is 9.92. The van der Waals surface area contributed by atoms with Crippen molar-refractivity contribution in [2.24, 2.45) is 0 Å². The van der Waals surface area contributed by atoms with E-state index in [2.05, 4.69) is 4.98 Å². The molecule has 0 aliphatic heterocycles. The van der Waals surface area contributed by atoms with E-state index in [-0.39, 0.29) is 17.3 Å². The molecule has 1 aliphatic carbocycles. The van der Waals surface area contributed by atoms with E-state index in [9.17, 15) is 14.7 Å². The molecule has 0 saturated carbocycles. The SMILES string of the molecule is CC(O)c1cc2c(s1)C(=O)c1ncccc1C2=O. The summed E-state index contributed by atoms with van der Waals surface area (Å²) in [5, 5.41) is 9.53. The zero-order valence-corrected chi connectivity index (χ0v) is 10.3. The first-order valence-corrected chi connectivity index (χ1v) is 6.27. The third kappa shape index (κ3) is 1.45. The van der Waals surface area contributed by atoms with Crippen LogP contribution in [0, 0.1) is 0 Å². The summed E-state index contributed by atoms with van der Waals surface area (Å²) in [7, 11) is 0. The number of pyridine rings is 1. The lowest BCUT2D eigenvalue weighted by Gasteiger charge is -2.11. The second-order valence-electron chi connectivity index (χ2n) is 4.13. The third-order valence-electron chi connectivity index (χ3n) is 2.88. The van der Waals surface area contributed by atoms with Gasteiger partial charge in [0.2, 0.25) is 5.78 Å². The average molecular weight is 259 g/mol. The van der Waals surface area contributed by atoms with Crippen molar-refractivity contribution in [1.82, 2.24) is 4.98 Å². The van der Waals surface area contributed by atoms with Crippen LogP contribution in [-0.4, -0.2) is 21.7 Å². The fourth-order valence-electron chi connectivity index (χ4n) is 1.98. The minimum Gasteiger partial charge on any atom is -0.388 e. The van der Waals surface area contributed by atoms with Crippen molar-refractivity contribution in [3.63, 3.8) is 0 Å². The Morgan fingerprint density at radius 2 is 2.06 bits per heavy atom. The molecule has 18 heavy (non-hydrogen) atoms. The minimum absolute atomic E-state index is 0.198. The van der Waals surface area contributed by atoms with Crippen LogP contribution < -0.4 is 0 Å². The molecule has 1 atom stereocenters. The van der Waals surface area contributed by atoms with Crippen LogP contribution in [0.5, 0.6) is 0 Å². The van der Waals surface area contributed by atoms with E-state index in [0.717, 1.165) is 11.3 Å². The molecule has 5 heteroatoms. The zero-order valence-electron chi connectivity index (χ0n) is 9.51. The number of hydrogen-bond donors (Lipinski definition) is 1. The summed E-state index contributed by atoms with van der Waals surface area (Å²) in [6, 6.07) is 4.84. The third-order valence-corrected chi connectivity index (χ3v) is 4.19. The molecule has 1 N–H and O–H groups in total. The van der Waals surface area contributed by atoms with Crippen molar-refractivity contribution in [2.75, 3.05) is 0 Å². The first-order valence-electron chi connectivity index (χ1n) is 5.46. The van der Waals surface area contributed by atoms with Gasteiger partial charge in [0.15, 0.2) is 5.78 Å². The fourth-order valence-corrected chi connectivity index (χ4v) is 3.01. The number of ketones is 2. The highest BCUT2D eigenvalue weighted by Crippen LogP contribution is 2.34. The summed E-state index contributed by atoms with van der Waals surface area (Å²) >= 11 is 1.16.